The third kappa shape index (κ3) is 2.47. The quantitative estimate of drug-likeness (QED) is 0.705. The largest absolute Gasteiger partial charge is 0.350 e. The fraction of sp³-hybridized carbons (Fsp3) is 0.909. The lowest BCUT2D eigenvalue weighted by Crippen LogP contribution is -2.58. The van der Waals surface area contributed by atoms with Crippen LogP contribution in [0.3, 0.4) is 0 Å². The van der Waals surface area contributed by atoms with Crippen molar-refractivity contribution in [2.24, 2.45) is 11.1 Å². The van der Waals surface area contributed by atoms with Gasteiger partial charge in [0.15, 0.2) is 0 Å². The number of hydrogen-bond donors (Lipinski definition) is 2. The molecule has 3 nitrogen and oxygen atoms in total. The minimum Gasteiger partial charge on any atom is -0.350 e. The van der Waals surface area contributed by atoms with E-state index in [4.69, 9.17) is 5.73 Å². The van der Waals surface area contributed by atoms with Crippen molar-refractivity contribution in [3.63, 3.8) is 0 Å². The van der Waals surface area contributed by atoms with Crippen LogP contribution >= 0.6 is 0 Å². The fourth-order valence-electron chi connectivity index (χ4n) is 1.60. The van der Waals surface area contributed by atoms with Crippen LogP contribution in [0.1, 0.15) is 47.0 Å². The van der Waals surface area contributed by atoms with E-state index in [1.54, 1.807) is 0 Å². The van der Waals surface area contributed by atoms with Gasteiger partial charge in [-0.15, -0.1) is 0 Å². The number of nitrogens with one attached hydrogen (secondary N) is 1. The minimum atomic E-state index is -0.417. The van der Waals surface area contributed by atoms with Gasteiger partial charge in [-0.25, -0.2) is 0 Å². The van der Waals surface area contributed by atoms with Crippen molar-refractivity contribution in [1.29, 1.82) is 0 Å². The van der Waals surface area contributed by atoms with Gasteiger partial charge in [-0.05, 0) is 31.6 Å². The molecule has 3 N–H and O–H groups in total. The highest BCUT2D eigenvalue weighted by atomic mass is 16.2. The summed E-state index contributed by atoms with van der Waals surface area (Å²) in [6.45, 7) is 8.05. The summed E-state index contributed by atoms with van der Waals surface area (Å²) in [5, 5.41) is 3.04. The smallest absolute Gasteiger partial charge is 0.237 e. The van der Waals surface area contributed by atoms with Crippen molar-refractivity contribution in [1.82, 2.24) is 5.32 Å². The lowest BCUT2D eigenvalue weighted by Gasteiger charge is -2.41. The van der Waals surface area contributed by atoms with Crippen LogP contribution in [-0.4, -0.2) is 17.5 Å². The van der Waals surface area contributed by atoms with Gasteiger partial charge in [0.05, 0.1) is 6.04 Å². The van der Waals surface area contributed by atoms with Crippen molar-refractivity contribution in [3.05, 3.63) is 0 Å². The van der Waals surface area contributed by atoms with E-state index in [1.807, 2.05) is 20.8 Å². The Labute approximate surface area is 86.4 Å². The molecule has 3 heteroatoms. The zero-order valence-electron chi connectivity index (χ0n) is 9.68. The van der Waals surface area contributed by atoms with Crippen LogP contribution in [0, 0.1) is 5.41 Å². The van der Waals surface area contributed by atoms with Crippen molar-refractivity contribution in [3.8, 4) is 0 Å². The highest BCUT2D eigenvalue weighted by Gasteiger charge is 2.36. The third-order valence-corrected chi connectivity index (χ3v) is 3.10. The molecule has 0 unspecified atom stereocenters. The summed E-state index contributed by atoms with van der Waals surface area (Å²) in [7, 11) is 0. The Hall–Kier alpha value is -0.570. The zero-order valence-corrected chi connectivity index (χ0v) is 9.68. The molecule has 0 aromatic carbocycles. The Morgan fingerprint density at radius 1 is 1.43 bits per heavy atom. The molecule has 1 rings (SSSR count). The molecule has 1 aliphatic carbocycles. The summed E-state index contributed by atoms with van der Waals surface area (Å²) in [6.07, 6.45) is 3.37. The molecule has 0 aromatic heterocycles. The van der Waals surface area contributed by atoms with E-state index in [2.05, 4.69) is 12.2 Å². The predicted molar refractivity (Wildman–Crippen MR) is 57.8 cm³/mol. The molecular weight excluding hydrogens is 176 g/mol. The molecule has 0 aromatic rings. The second-order valence-corrected chi connectivity index (χ2v) is 5.75. The van der Waals surface area contributed by atoms with Gasteiger partial charge in [-0.2, -0.15) is 0 Å². The molecule has 1 amide bonds. The zero-order chi connectivity index (χ0) is 11.0. The average Bonchev–Trinajstić information content (AvgIpc) is 1.98. The second-order valence-electron chi connectivity index (χ2n) is 5.75. The third-order valence-electron chi connectivity index (χ3n) is 3.10. The van der Waals surface area contributed by atoms with Gasteiger partial charge in [0.25, 0.3) is 0 Å². The number of nitrogens with two attached hydrogens (primary N) is 1. The van der Waals surface area contributed by atoms with Gasteiger partial charge in [0, 0.05) is 5.54 Å². The first-order chi connectivity index (χ1) is 6.25. The molecule has 0 spiro atoms. The average molecular weight is 198 g/mol. The molecule has 0 saturated heterocycles. The first kappa shape index (κ1) is 11.5. The predicted octanol–water partition coefficient (Wildman–Crippen LogP) is 1.42. The summed E-state index contributed by atoms with van der Waals surface area (Å²) >= 11 is 0. The second kappa shape index (κ2) is 3.54. The lowest BCUT2D eigenvalue weighted by atomic mass is 9.77. The Balaban J connectivity index is 2.50. The molecule has 1 fully saturated rings. The number of carbonyl (C=O) groups excluding carboxylic acids is 1. The maximum atomic E-state index is 11.8. The van der Waals surface area contributed by atoms with Crippen molar-refractivity contribution < 1.29 is 4.79 Å². The Kier molecular flexibility index (Phi) is 2.91. The summed E-state index contributed by atoms with van der Waals surface area (Å²) in [6, 6.07) is -0.417. The summed E-state index contributed by atoms with van der Waals surface area (Å²) in [5.41, 5.74) is 5.72. The number of rotatable bonds is 2. The monoisotopic (exact) mass is 198 g/mol. The van der Waals surface area contributed by atoms with Crippen LogP contribution in [0.5, 0.6) is 0 Å². The van der Waals surface area contributed by atoms with Crippen LogP contribution in [0.2, 0.25) is 0 Å². The number of hydrogen-bond acceptors (Lipinski definition) is 2. The minimum absolute atomic E-state index is 0.0138. The van der Waals surface area contributed by atoms with E-state index in [0.717, 1.165) is 12.8 Å². The Morgan fingerprint density at radius 2 is 1.93 bits per heavy atom. The van der Waals surface area contributed by atoms with Gasteiger partial charge in [0.1, 0.15) is 0 Å². The van der Waals surface area contributed by atoms with Gasteiger partial charge < -0.3 is 11.1 Å². The molecule has 0 bridgehead atoms. The van der Waals surface area contributed by atoms with Crippen molar-refractivity contribution >= 4 is 5.91 Å². The maximum Gasteiger partial charge on any atom is 0.237 e. The van der Waals surface area contributed by atoms with E-state index in [0.29, 0.717) is 0 Å². The molecule has 1 saturated carbocycles. The molecule has 0 radical (unpaired) electrons. The molecule has 0 aliphatic heterocycles. The first-order valence-electron chi connectivity index (χ1n) is 5.32. The van der Waals surface area contributed by atoms with E-state index in [-0.39, 0.29) is 16.9 Å². The van der Waals surface area contributed by atoms with Gasteiger partial charge in [-0.3, -0.25) is 4.79 Å². The molecule has 14 heavy (non-hydrogen) atoms. The molecular formula is C11H22N2O. The molecule has 0 heterocycles. The number of amides is 1. The number of carbonyl (C=O) groups is 1. The van der Waals surface area contributed by atoms with E-state index >= 15 is 0 Å². The lowest BCUT2D eigenvalue weighted by molar-refractivity contribution is -0.127. The Morgan fingerprint density at radius 3 is 2.21 bits per heavy atom. The normalized spacial score (nSPS) is 22.4. The van der Waals surface area contributed by atoms with Crippen LogP contribution < -0.4 is 11.1 Å². The Bertz CT molecular complexity index is 226. The highest BCUT2D eigenvalue weighted by molar-refractivity contribution is 5.83. The van der Waals surface area contributed by atoms with Crippen molar-refractivity contribution in [2.45, 2.75) is 58.5 Å². The van der Waals surface area contributed by atoms with E-state index in [9.17, 15) is 4.79 Å². The molecule has 1 aliphatic rings. The van der Waals surface area contributed by atoms with Gasteiger partial charge >= 0.3 is 0 Å². The molecule has 82 valence electrons. The van der Waals surface area contributed by atoms with E-state index in [1.165, 1.54) is 6.42 Å². The standard InChI is InChI=1S/C11H22N2O/c1-10(2,3)8(12)9(14)13-11(4)6-5-7-11/h8H,5-7,12H2,1-4H3,(H,13,14)/t8-/m0/s1. The SMILES string of the molecule is CC1(NC(=O)[C@H](N)C(C)(C)C)CCC1. The highest BCUT2D eigenvalue weighted by Crippen LogP contribution is 2.31. The van der Waals surface area contributed by atoms with Crippen LogP contribution in [0.15, 0.2) is 0 Å². The van der Waals surface area contributed by atoms with Crippen LogP contribution in [0.25, 0.3) is 0 Å². The van der Waals surface area contributed by atoms with Crippen LogP contribution in [-0.2, 0) is 4.79 Å². The fourth-order valence-corrected chi connectivity index (χ4v) is 1.60. The summed E-state index contributed by atoms with van der Waals surface area (Å²) < 4.78 is 0. The first-order valence-corrected chi connectivity index (χ1v) is 5.32. The van der Waals surface area contributed by atoms with Crippen molar-refractivity contribution in [2.75, 3.05) is 0 Å². The van der Waals surface area contributed by atoms with Gasteiger partial charge in [-0.1, -0.05) is 20.8 Å². The topological polar surface area (TPSA) is 55.1 Å². The summed E-state index contributed by atoms with van der Waals surface area (Å²) in [5.74, 6) is -0.0142. The van der Waals surface area contributed by atoms with Gasteiger partial charge in [0.2, 0.25) is 5.91 Å². The van der Waals surface area contributed by atoms with E-state index < -0.39 is 6.04 Å². The molecule has 1 atom stereocenters. The van der Waals surface area contributed by atoms with Crippen LogP contribution in [0.4, 0.5) is 0 Å². The maximum absolute atomic E-state index is 11.8. The summed E-state index contributed by atoms with van der Waals surface area (Å²) in [4.78, 5) is 11.8.